The highest BCUT2D eigenvalue weighted by molar-refractivity contribution is 8.01. The van der Waals surface area contributed by atoms with Gasteiger partial charge in [0, 0.05) is 10.3 Å². The number of amides is 1. The summed E-state index contributed by atoms with van der Waals surface area (Å²) in [5.74, 6) is -0.676. The topological polar surface area (TPSA) is 79.3 Å². The quantitative estimate of drug-likeness (QED) is 0.762. The van der Waals surface area contributed by atoms with E-state index in [1.54, 1.807) is 16.7 Å². The zero-order chi connectivity index (χ0) is 14.4. The van der Waals surface area contributed by atoms with Gasteiger partial charge in [0.1, 0.15) is 0 Å². The molecular formula is C12H12N2O3S3. The largest absolute Gasteiger partial charge is 0.481 e. The predicted molar refractivity (Wildman–Crippen MR) is 80.3 cm³/mol. The highest BCUT2D eigenvalue weighted by atomic mass is 32.2. The molecule has 0 aliphatic carbocycles. The molecule has 5 nitrogen and oxygen atoms in total. The highest BCUT2D eigenvalue weighted by Gasteiger charge is 2.09. The Balaban J connectivity index is 1.72. The fraction of sp³-hybridized carbons (Fsp3) is 0.250. The Hall–Kier alpha value is -1.38. The van der Waals surface area contributed by atoms with Crippen molar-refractivity contribution in [1.82, 2.24) is 10.3 Å². The van der Waals surface area contributed by atoms with E-state index >= 15 is 0 Å². The molecular weight excluding hydrogens is 316 g/mol. The Bertz CT molecular complexity index is 581. The molecule has 106 valence electrons. The molecule has 0 aromatic carbocycles. The molecule has 20 heavy (non-hydrogen) atoms. The van der Waals surface area contributed by atoms with Crippen LogP contribution >= 0.6 is 34.4 Å². The molecule has 0 atom stereocenters. The lowest BCUT2D eigenvalue weighted by Crippen LogP contribution is -2.24. The number of carbonyl (C=O) groups is 2. The van der Waals surface area contributed by atoms with Crippen molar-refractivity contribution in [3.8, 4) is 0 Å². The van der Waals surface area contributed by atoms with Gasteiger partial charge in [-0.15, -0.1) is 22.7 Å². The second-order valence-electron chi connectivity index (χ2n) is 3.82. The van der Waals surface area contributed by atoms with Crippen molar-refractivity contribution in [2.45, 2.75) is 17.3 Å². The number of thiophene rings is 1. The number of carboxylic acids is 1. The van der Waals surface area contributed by atoms with Gasteiger partial charge >= 0.3 is 5.97 Å². The van der Waals surface area contributed by atoms with E-state index in [0.717, 1.165) is 4.88 Å². The molecule has 0 unspecified atom stereocenters. The van der Waals surface area contributed by atoms with Gasteiger partial charge in [-0.3, -0.25) is 9.59 Å². The molecule has 0 radical (unpaired) electrons. The number of hydrogen-bond acceptors (Lipinski definition) is 6. The molecule has 0 aliphatic heterocycles. The Kier molecular flexibility index (Phi) is 5.57. The van der Waals surface area contributed by atoms with E-state index in [9.17, 15) is 9.59 Å². The zero-order valence-corrected chi connectivity index (χ0v) is 12.8. The van der Waals surface area contributed by atoms with Gasteiger partial charge in [-0.25, -0.2) is 4.98 Å². The molecule has 2 aromatic rings. The summed E-state index contributed by atoms with van der Waals surface area (Å²) in [6.07, 6.45) is -0.0817. The summed E-state index contributed by atoms with van der Waals surface area (Å²) >= 11 is 4.28. The first-order valence-electron chi connectivity index (χ1n) is 5.71. The summed E-state index contributed by atoms with van der Waals surface area (Å²) < 4.78 is 0.715. The maximum Gasteiger partial charge on any atom is 0.309 e. The lowest BCUT2D eigenvalue weighted by molar-refractivity contribution is -0.136. The van der Waals surface area contributed by atoms with Gasteiger partial charge in [-0.2, -0.15) is 0 Å². The molecule has 0 saturated heterocycles. The fourth-order valence-electron chi connectivity index (χ4n) is 1.37. The number of nitrogens with one attached hydrogen (secondary N) is 1. The minimum Gasteiger partial charge on any atom is -0.481 e. The maximum absolute atomic E-state index is 11.7. The van der Waals surface area contributed by atoms with E-state index in [4.69, 9.17) is 5.11 Å². The van der Waals surface area contributed by atoms with Crippen molar-refractivity contribution in [1.29, 1.82) is 0 Å². The average Bonchev–Trinajstić information content (AvgIpc) is 3.04. The van der Waals surface area contributed by atoms with Crippen LogP contribution in [-0.2, 0) is 22.6 Å². The van der Waals surface area contributed by atoms with Crippen molar-refractivity contribution in [2.75, 3.05) is 5.75 Å². The third-order valence-corrected chi connectivity index (χ3v) is 5.18. The molecule has 8 heteroatoms. The minimum absolute atomic E-state index is 0.0571. The maximum atomic E-state index is 11.7. The number of carbonyl (C=O) groups excluding carboxylic acids is 1. The molecule has 0 spiro atoms. The highest BCUT2D eigenvalue weighted by Crippen LogP contribution is 2.22. The average molecular weight is 328 g/mol. The lowest BCUT2D eigenvalue weighted by atomic mass is 10.3. The van der Waals surface area contributed by atoms with Crippen LogP contribution in [0.15, 0.2) is 27.2 Å². The van der Waals surface area contributed by atoms with Gasteiger partial charge in [-0.05, 0) is 11.4 Å². The first-order chi connectivity index (χ1) is 9.63. The van der Waals surface area contributed by atoms with Crippen LogP contribution < -0.4 is 5.32 Å². The van der Waals surface area contributed by atoms with Crippen LogP contribution in [0.4, 0.5) is 0 Å². The summed E-state index contributed by atoms with van der Waals surface area (Å²) in [6.45, 7) is 0.541. The number of thioether (sulfide) groups is 1. The van der Waals surface area contributed by atoms with Gasteiger partial charge in [0.25, 0.3) is 0 Å². The van der Waals surface area contributed by atoms with Crippen LogP contribution in [0.1, 0.15) is 10.6 Å². The lowest BCUT2D eigenvalue weighted by Gasteiger charge is -2.01. The van der Waals surface area contributed by atoms with E-state index in [1.807, 2.05) is 17.5 Å². The first kappa shape index (κ1) is 15.0. The summed E-state index contributed by atoms with van der Waals surface area (Å²) in [7, 11) is 0. The van der Waals surface area contributed by atoms with Gasteiger partial charge < -0.3 is 10.4 Å². The predicted octanol–water partition coefficient (Wildman–Crippen LogP) is 2.24. The van der Waals surface area contributed by atoms with E-state index in [-0.39, 0.29) is 18.1 Å². The molecule has 0 bridgehead atoms. The molecule has 2 rings (SSSR count). The third kappa shape index (κ3) is 4.95. The molecule has 2 aromatic heterocycles. The third-order valence-electron chi connectivity index (χ3n) is 2.23. The van der Waals surface area contributed by atoms with Crippen molar-refractivity contribution < 1.29 is 14.7 Å². The molecule has 1 amide bonds. The van der Waals surface area contributed by atoms with Crippen LogP contribution in [0, 0.1) is 0 Å². The Labute approximate surface area is 128 Å². The summed E-state index contributed by atoms with van der Waals surface area (Å²) in [4.78, 5) is 27.5. The SMILES string of the molecule is O=C(O)Cc1csc(SCC(=O)NCc2cccs2)n1. The Morgan fingerprint density at radius 3 is 2.95 bits per heavy atom. The van der Waals surface area contributed by atoms with Gasteiger partial charge in [0.15, 0.2) is 4.34 Å². The Morgan fingerprint density at radius 2 is 2.25 bits per heavy atom. The van der Waals surface area contributed by atoms with Gasteiger partial charge in [0.2, 0.25) is 5.91 Å². The summed E-state index contributed by atoms with van der Waals surface area (Å²) in [6, 6.07) is 3.91. The number of carboxylic acid groups (broad SMARTS) is 1. The number of thiazole rings is 1. The van der Waals surface area contributed by atoms with E-state index in [0.29, 0.717) is 16.6 Å². The van der Waals surface area contributed by atoms with Gasteiger partial charge in [0.05, 0.1) is 24.4 Å². The first-order valence-corrected chi connectivity index (χ1v) is 8.46. The zero-order valence-electron chi connectivity index (χ0n) is 10.4. The standard InChI is InChI=1S/C12H12N2O3S3/c15-10(13-5-9-2-1-3-18-9)7-20-12-14-8(6-19-12)4-11(16)17/h1-3,6H,4-5,7H2,(H,13,15)(H,16,17). The van der Waals surface area contributed by atoms with E-state index in [2.05, 4.69) is 10.3 Å². The fourth-order valence-corrected chi connectivity index (χ4v) is 3.69. The molecule has 0 aliphatic rings. The monoisotopic (exact) mass is 328 g/mol. The van der Waals surface area contributed by atoms with Crippen molar-refractivity contribution >= 4 is 46.3 Å². The minimum atomic E-state index is -0.902. The van der Waals surface area contributed by atoms with Crippen LogP contribution in [0.25, 0.3) is 0 Å². The second kappa shape index (κ2) is 7.41. The summed E-state index contributed by atoms with van der Waals surface area (Å²) in [5.41, 5.74) is 0.531. The van der Waals surface area contributed by atoms with E-state index < -0.39 is 5.97 Å². The normalized spacial score (nSPS) is 10.4. The Morgan fingerprint density at radius 1 is 1.40 bits per heavy atom. The van der Waals surface area contributed by atoms with E-state index in [1.165, 1.54) is 23.1 Å². The number of aromatic nitrogens is 1. The van der Waals surface area contributed by atoms with Crippen molar-refractivity contribution in [3.05, 3.63) is 33.5 Å². The molecule has 2 heterocycles. The van der Waals surface area contributed by atoms with Crippen molar-refractivity contribution in [2.24, 2.45) is 0 Å². The van der Waals surface area contributed by atoms with Crippen LogP contribution in [0.2, 0.25) is 0 Å². The summed E-state index contributed by atoms with van der Waals surface area (Å²) in [5, 5.41) is 15.2. The number of nitrogens with zero attached hydrogens (tertiary/aromatic N) is 1. The molecule has 2 N–H and O–H groups in total. The van der Waals surface area contributed by atoms with Crippen LogP contribution in [0.3, 0.4) is 0 Å². The number of rotatable bonds is 7. The number of aliphatic carboxylic acids is 1. The smallest absolute Gasteiger partial charge is 0.309 e. The number of hydrogen-bond donors (Lipinski definition) is 2. The van der Waals surface area contributed by atoms with Crippen LogP contribution in [-0.4, -0.2) is 27.7 Å². The second-order valence-corrected chi connectivity index (χ2v) is 6.93. The van der Waals surface area contributed by atoms with Gasteiger partial charge in [-0.1, -0.05) is 17.8 Å². The molecule has 0 saturated carbocycles. The van der Waals surface area contributed by atoms with Crippen molar-refractivity contribution in [3.63, 3.8) is 0 Å². The van der Waals surface area contributed by atoms with Crippen LogP contribution in [0.5, 0.6) is 0 Å². The molecule has 0 fully saturated rings.